The second-order valence-corrected chi connectivity index (χ2v) is 5.58. The third-order valence-corrected chi connectivity index (χ3v) is 4.15. The van der Waals surface area contributed by atoms with Crippen LogP contribution in [0.15, 0.2) is 42.5 Å². The molecule has 2 aromatic rings. The van der Waals surface area contributed by atoms with E-state index in [-0.39, 0.29) is 0 Å². The van der Waals surface area contributed by atoms with Crippen molar-refractivity contribution >= 4 is 0 Å². The Labute approximate surface area is 115 Å². The highest BCUT2D eigenvalue weighted by atomic mass is 14.9. The maximum atomic E-state index is 3.51. The van der Waals surface area contributed by atoms with Crippen LogP contribution in [0.25, 0.3) is 11.1 Å². The van der Waals surface area contributed by atoms with Gasteiger partial charge in [-0.3, -0.25) is 0 Å². The summed E-state index contributed by atoms with van der Waals surface area (Å²) in [6.07, 6.45) is 1.14. The molecule has 1 aliphatic heterocycles. The molecule has 0 bridgehead atoms. The van der Waals surface area contributed by atoms with Gasteiger partial charge in [0, 0.05) is 6.54 Å². The van der Waals surface area contributed by atoms with Gasteiger partial charge in [0.1, 0.15) is 0 Å². The monoisotopic (exact) mass is 251 g/mol. The third kappa shape index (κ3) is 2.43. The fourth-order valence-corrected chi connectivity index (χ4v) is 3.02. The minimum Gasteiger partial charge on any atom is -0.316 e. The van der Waals surface area contributed by atoms with Crippen LogP contribution in [0.4, 0.5) is 0 Å². The number of rotatable bonds is 1. The first-order chi connectivity index (χ1) is 9.25. The van der Waals surface area contributed by atoms with Crippen molar-refractivity contribution in [2.75, 3.05) is 13.1 Å². The van der Waals surface area contributed by atoms with E-state index in [1.54, 1.807) is 0 Å². The maximum Gasteiger partial charge on any atom is 0.00177 e. The maximum absolute atomic E-state index is 3.51. The molecule has 1 unspecified atom stereocenters. The minimum absolute atomic E-state index is 0.614. The SMILES string of the molecule is Cc1ccccc1-c1ccc2c(c1)CCNCC2C. The number of aryl methyl sites for hydroxylation is 1. The summed E-state index contributed by atoms with van der Waals surface area (Å²) in [5.74, 6) is 0.614. The molecule has 0 saturated carbocycles. The number of hydrogen-bond acceptors (Lipinski definition) is 1. The van der Waals surface area contributed by atoms with Gasteiger partial charge in [0.2, 0.25) is 0 Å². The van der Waals surface area contributed by atoms with E-state index >= 15 is 0 Å². The van der Waals surface area contributed by atoms with E-state index in [4.69, 9.17) is 0 Å². The first-order valence-corrected chi connectivity index (χ1v) is 7.15. The van der Waals surface area contributed by atoms with E-state index in [2.05, 4.69) is 61.6 Å². The summed E-state index contributed by atoms with van der Waals surface area (Å²) in [5.41, 5.74) is 7.09. The molecular weight excluding hydrogens is 230 g/mol. The summed E-state index contributed by atoms with van der Waals surface area (Å²) >= 11 is 0. The number of nitrogens with one attached hydrogen (secondary N) is 1. The summed E-state index contributed by atoms with van der Waals surface area (Å²) in [6, 6.07) is 15.6. The van der Waals surface area contributed by atoms with Crippen LogP contribution < -0.4 is 5.32 Å². The van der Waals surface area contributed by atoms with Crippen LogP contribution in [0, 0.1) is 6.92 Å². The van der Waals surface area contributed by atoms with Crippen LogP contribution in [0.1, 0.15) is 29.5 Å². The van der Waals surface area contributed by atoms with Crippen LogP contribution in [0.5, 0.6) is 0 Å². The Morgan fingerprint density at radius 3 is 2.79 bits per heavy atom. The molecule has 19 heavy (non-hydrogen) atoms. The van der Waals surface area contributed by atoms with Gasteiger partial charge in [0.05, 0.1) is 0 Å². The van der Waals surface area contributed by atoms with Gasteiger partial charge in [0.25, 0.3) is 0 Å². The minimum atomic E-state index is 0.614. The summed E-state index contributed by atoms with van der Waals surface area (Å²) < 4.78 is 0. The van der Waals surface area contributed by atoms with Gasteiger partial charge in [-0.1, -0.05) is 49.4 Å². The highest BCUT2D eigenvalue weighted by molar-refractivity contribution is 5.68. The molecule has 0 spiro atoms. The molecule has 1 N–H and O–H groups in total. The van der Waals surface area contributed by atoms with Crippen molar-refractivity contribution in [2.24, 2.45) is 0 Å². The molecule has 2 aromatic carbocycles. The second kappa shape index (κ2) is 5.18. The average Bonchev–Trinajstić information content (AvgIpc) is 2.61. The molecule has 1 nitrogen and oxygen atoms in total. The molecule has 0 saturated heterocycles. The van der Waals surface area contributed by atoms with Crippen LogP contribution in [0.2, 0.25) is 0 Å². The van der Waals surface area contributed by atoms with E-state index < -0.39 is 0 Å². The lowest BCUT2D eigenvalue weighted by atomic mass is 9.91. The highest BCUT2D eigenvalue weighted by Crippen LogP contribution is 2.29. The molecule has 98 valence electrons. The molecule has 0 aliphatic carbocycles. The van der Waals surface area contributed by atoms with E-state index in [9.17, 15) is 0 Å². The molecular formula is C18H21N. The quantitative estimate of drug-likeness (QED) is 0.810. The van der Waals surface area contributed by atoms with Gasteiger partial charge < -0.3 is 5.32 Å². The summed E-state index contributed by atoms with van der Waals surface area (Å²) in [4.78, 5) is 0. The van der Waals surface area contributed by atoms with Gasteiger partial charge in [0.15, 0.2) is 0 Å². The highest BCUT2D eigenvalue weighted by Gasteiger charge is 2.15. The van der Waals surface area contributed by atoms with Crippen molar-refractivity contribution in [2.45, 2.75) is 26.2 Å². The molecule has 1 aliphatic rings. The van der Waals surface area contributed by atoms with Gasteiger partial charge in [-0.2, -0.15) is 0 Å². The Morgan fingerprint density at radius 1 is 1.11 bits per heavy atom. The predicted octanol–water partition coefficient (Wildman–Crippen LogP) is 3.91. The fraction of sp³-hybridized carbons (Fsp3) is 0.333. The first-order valence-electron chi connectivity index (χ1n) is 7.15. The third-order valence-electron chi connectivity index (χ3n) is 4.15. The van der Waals surface area contributed by atoms with Crippen LogP contribution in [0.3, 0.4) is 0 Å². The predicted molar refractivity (Wildman–Crippen MR) is 81.6 cm³/mol. The van der Waals surface area contributed by atoms with Crippen molar-refractivity contribution in [3.63, 3.8) is 0 Å². The van der Waals surface area contributed by atoms with Gasteiger partial charge >= 0.3 is 0 Å². The average molecular weight is 251 g/mol. The molecule has 0 amide bonds. The molecule has 0 aromatic heterocycles. The second-order valence-electron chi connectivity index (χ2n) is 5.58. The van der Waals surface area contributed by atoms with E-state index in [0.717, 1.165) is 19.5 Å². The molecule has 1 atom stereocenters. The fourth-order valence-electron chi connectivity index (χ4n) is 3.02. The van der Waals surface area contributed by atoms with Crippen molar-refractivity contribution in [1.29, 1.82) is 0 Å². The van der Waals surface area contributed by atoms with Crippen LogP contribution in [-0.2, 0) is 6.42 Å². The first kappa shape index (κ1) is 12.4. The lowest BCUT2D eigenvalue weighted by Crippen LogP contribution is -2.18. The smallest absolute Gasteiger partial charge is 0.00177 e. The molecule has 1 heterocycles. The normalized spacial score (nSPS) is 18.7. The lowest BCUT2D eigenvalue weighted by molar-refractivity contribution is 0.644. The Bertz CT molecular complexity index is 586. The Hall–Kier alpha value is -1.60. The molecule has 3 rings (SSSR count). The summed E-state index contributed by atoms with van der Waals surface area (Å²) in [7, 11) is 0. The molecule has 1 heteroatoms. The van der Waals surface area contributed by atoms with E-state index in [0.29, 0.717) is 5.92 Å². The Balaban J connectivity index is 2.06. The summed E-state index contributed by atoms with van der Waals surface area (Å²) in [6.45, 7) is 6.68. The zero-order chi connectivity index (χ0) is 13.2. The van der Waals surface area contributed by atoms with Gasteiger partial charge in [-0.15, -0.1) is 0 Å². The topological polar surface area (TPSA) is 12.0 Å². The largest absolute Gasteiger partial charge is 0.316 e. The van der Waals surface area contributed by atoms with Gasteiger partial charge in [-0.05, 0) is 53.6 Å². The van der Waals surface area contributed by atoms with Crippen LogP contribution in [-0.4, -0.2) is 13.1 Å². The Kier molecular flexibility index (Phi) is 3.39. The Morgan fingerprint density at radius 2 is 1.95 bits per heavy atom. The number of hydrogen-bond donors (Lipinski definition) is 1. The molecule has 0 radical (unpaired) electrons. The van der Waals surface area contributed by atoms with E-state index in [1.165, 1.54) is 27.8 Å². The van der Waals surface area contributed by atoms with Gasteiger partial charge in [-0.25, -0.2) is 0 Å². The lowest BCUT2D eigenvalue weighted by Gasteiger charge is -2.14. The zero-order valence-corrected chi connectivity index (χ0v) is 11.7. The number of benzene rings is 2. The van der Waals surface area contributed by atoms with Crippen molar-refractivity contribution < 1.29 is 0 Å². The van der Waals surface area contributed by atoms with E-state index in [1.807, 2.05) is 0 Å². The number of fused-ring (bicyclic) bond motifs is 1. The summed E-state index contributed by atoms with van der Waals surface area (Å²) in [5, 5.41) is 3.51. The van der Waals surface area contributed by atoms with Crippen molar-refractivity contribution in [3.05, 3.63) is 59.2 Å². The molecule has 0 fully saturated rings. The zero-order valence-electron chi connectivity index (χ0n) is 11.7. The standard InChI is InChI=1S/C18H21N/c1-13-5-3-4-6-17(13)15-7-8-18-14(2)12-19-10-9-16(18)11-15/h3-8,11,14,19H,9-10,12H2,1-2H3. The van der Waals surface area contributed by atoms with Crippen LogP contribution >= 0.6 is 0 Å². The van der Waals surface area contributed by atoms with Crippen molar-refractivity contribution in [3.8, 4) is 11.1 Å². The van der Waals surface area contributed by atoms with Crippen molar-refractivity contribution in [1.82, 2.24) is 5.32 Å².